The summed E-state index contributed by atoms with van der Waals surface area (Å²) in [5.74, 6) is 0.611. The topological polar surface area (TPSA) is 96.7 Å². The third kappa shape index (κ3) is 2.85. The van der Waals surface area contributed by atoms with Crippen molar-refractivity contribution in [2.75, 3.05) is 12.3 Å². The van der Waals surface area contributed by atoms with Gasteiger partial charge in [-0.15, -0.1) is 0 Å². The number of aromatic nitrogens is 3. The smallest absolute Gasteiger partial charge is 0.251 e. The molecule has 2 rings (SSSR count). The number of nitrogens with one attached hydrogen (secondary N) is 2. The molecular formula is C12H15N5O. The summed E-state index contributed by atoms with van der Waals surface area (Å²) < 4.78 is 0. The average Bonchev–Trinajstić information content (AvgIpc) is 2.85. The van der Waals surface area contributed by atoms with E-state index < -0.39 is 0 Å². The molecule has 6 heteroatoms. The van der Waals surface area contributed by atoms with Gasteiger partial charge in [-0.3, -0.25) is 9.89 Å². The normalized spacial score (nSPS) is 10.3. The molecule has 6 nitrogen and oxygen atoms in total. The zero-order chi connectivity index (χ0) is 13.0. The minimum absolute atomic E-state index is 0.138. The summed E-state index contributed by atoms with van der Waals surface area (Å²) in [6, 6.07) is 5.27. The highest BCUT2D eigenvalue weighted by atomic mass is 16.1. The van der Waals surface area contributed by atoms with Crippen molar-refractivity contribution in [2.24, 2.45) is 0 Å². The van der Waals surface area contributed by atoms with E-state index in [9.17, 15) is 4.79 Å². The van der Waals surface area contributed by atoms with Crippen LogP contribution in [0.1, 0.15) is 21.7 Å². The summed E-state index contributed by atoms with van der Waals surface area (Å²) in [4.78, 5) is 15.8. The minimum Gasteiger partial charge on any atom is -0.398 e. The first-order valence-corrected chi connectivity index (χ1v) is 5.65. The Labute approximate surface area is 105 Å². The van der Waals surface area contributed by atoms with Gasteiger partial charge in [0, 0.05) is 24.2 Å². The highest BCUT2D eigenvalue weighted by molar-refractivity contribution is 5.95. The fourth-order valence-corrected chi connectivity index (χ4v) is 1.53. The molecule has 1 amide bonds. The molecule has 1 heterocycles. The molecule has 0 aliphatic carbocycles. The van der Waals surface area contributed by atoms with E-state index in [-0.39, 0.29) is 5.91 Å². The van der Waals surface area contributed by atoms with Crippen molar-refractivity contribution in [3.63, 3.8) is 0 Å². The van der Waals surface area contributed by atoms with Crippen LogP contribution in [-0.4, -0.2) is 27.6 Å². The number of amides is 1. The fourth-order valence-electron chi connectivity index (χ4n) is 1.53. The van der Waals surface area contributed by atoms with Crippen LogP contribution in [0, 0.1) is 6.92 Å². The second kappa shape index (κ2) is 5.31. The van der Waals surface area contributed by atoms with Gasteiger partial charge in [0.2, 0.25) is 0 Å². The maximum Gasteiger partial charge on any atom is 0.251 e. The zero-order valence-electron chi connectivity index (χ0n) is 10.1. The number of aryl methyl sites for hydroxylation is 1. The number of carbonyl (C=O) groups is 1. The van der Waals surface area contributed by atoms with Crippen LogP contribution in [0.3, 0.4) is 0 Å². The lowest BCUT2D eigenvalue weighted by molar-refractivity contribution is 0.0954. The Morgan fingerprint density at radius 3 is 3.00 bits per heavy atom. The van der Waals surface area contributed by atoms with E-state index in [4.69, 9.17) is 5.73 Å². The number of benzene rings is 1. The van der Waals surface area contributed by atoms with Crippen LogP contribution in [0.4, 0.5) is 5.69 Å². The highest BCUT2D eigenvalue weighted by Crippen LogP contribution is 2.12. The molecule has 0 aliphatic rings. The van der Waals surface area contributed by atoms with Crippen molar-refractivity contribution in [3.8, 4) is 0 Å². The number of carbonyl (C=O) groups excluding carboxylic acids is 1. The fraction of sp³-hybridized carbons (Fsp3) is 0.250. The predicted octanol–water partition coefficient (Wildman–Crippen LogP) is 0.668. The lowest BCUT2D eigenvalue weighted by Crippen LogP contribution is -2.26. The van der Waals surface area contributed by atoms with Crippen LogP contribution in [-0.2, 0) is 6.42 Å². The second-order valence-corrected chi connectivity index (χ2v) is 4.01. The highest BCUT2D eigenvalue weighted by Gasteiger charge is 2.06. The Morgan fingerprint density at radius 2 is 2.33 bits per heavy atom. The molecule has 94 valence electrons. The van der Waals surface area contributed by atoms with E-state index in [0.717, 1.165) is 11.4 Å². The van der Waals surface area contributed by atoms with Crippen LogP contribution in [0.2, 0.25) is 0 Å². The van der Waals surface area contributed by atoms with Crippen molar-refractivity contribution in [1.29, 1.82) is 0 Å². The molecule has 0 fully saturated rings. The van der Waals surface area contributed by atoms with Crippen molar-refractivity contribution in [1.82, 2.24) is 20.5 Å². The molecule has 18 heavy (non-hydrogen) atoms. The summed E-state index contributed by atoms with van der Waals surface area (Å²) in [6.07, 6.45) is 2.06. The zero-order valence-corrected chi connectivity index (χ0v) is 10.1. The quantitative estimate of drug-likeness (QED) is 0.689. The molecule has 0 saturated carbocycles. The molecule has 0 bridgehead atoms. The van der Waals surface area contributed by atoms with E-state index >= 15 is 0 Å². The van der Waals surface area contributed by atoms with E-state index in [0.29, 0.717) is 24.2 Å². The minimum atomic E-state index is -0.138. The predicted molar refractivity (Wildman–Crippen MR) is 68.0 cm³/mol. The van der Waals surface area contributed by atoms with Gasteiger partial charge in [-0.1, -0.05) is 6.07 Å². The van der Waals surface area contributed by atoms with Crippen LogP contribution in [0.15, 0.2) is 24.5 Å². The Balaban J connectivity index is 1.89. The third-order valence-electron chi connectivity index (χ3n) is 2.65. The molecule has 0 atom stereocenters. The Bertz CT molecular complexity index is 535. The van der Waals surface area contributed by atoms with Gasteiger partial charge in [-0.05, 0) is 24.6 Å². The van der Waals surface area contributed by atoms with Gasteiger partial charge in [0.15, 0.2) is 0 Å². The summed E-state index contributed by atoms with van der Waals surface area (Å²) in [5, 5.41) is 9.27. The molecular weight excluding hydrogens is 230 g/mol. The molecule has 0 aliphatic heterocycles. The molecule has 0 spiro atoms. The van der Waals surface area contributed by atoms with Gasteiger partial charge in [0.25, 0.3) is 5.91 Å². The molecule has 0 saturated heterocycles. The number of rotatable bonds is 4. The van der Waals surface area contributed by atoms with Crippen molar-refractivity contribution >= 4 is 11.6 Å². The SMILES string of the molecule is Cc1ccc(C(=O)NCCc2ncn[nH]2)cc1N. The third-order valence-corrected chi connectivity index (χ3v) is 2.65. The molecule has 4 N–H and O–H groups in total. The maximum absolute atomic E-state index is 11.8. The van der Waals surface area contributed by atoms with E-state index in [1.54, 1.807) is 12.1 Å². The van der Waals surface area contributed by atoms with Crippen molar-refractivity contribution in [2.45, 2.75) is 13.3 Å². The van der Waals surface area contributed by atoms with E-state index in [2.05, 4.69) is 20.5 Å². The standard InChI is InChI=1S/C12H15N5O/c1-8-2-3-9(6-10(8)13)12(18)14-5-4-11-15-7-16-17-11/h2-3,6-7H,4-5,13H2,1H3,(H,14,18)(H,15,16,17). The largest absolute Gasteiger partial charge is 0.398 e. The molecule has 1 aromatic heterocycles. The number of H-pyrrole nitrogens is 1. The summed E-state index contributed by atoms with van der Waals surface area (Å²) >= 11 is 0. The molecule has 0 radical (unpaired) electrons. The Hall–Kier alpha value is -2.37. The van der Waals surface area contributed by atoms with Gasteiger partial charge in [-0.2, -0.15) is 5.10 Å². The monoisotopic (exact) mass is 245 g/mol. The number of aromatic amines is 1. The Kier molecular flexibility index (Phi) is 3.57. The lowest BCUT2D eigenvalue weighted by atomic mass is 10.1. The van der Waals surface area contributed by atoms with Crippen LogP contribution < -0.4 is 11.1 Å². The number of nitrogens with two attached hydrogens (primary N) is 1. The molecule has 0 unspecified atom stereocenters. The van der Waals surface area contributed by atoms with Crippen LogP contribution in [0.25, 0.3) is 0 Å². The van der Waals surface area contributed by atoms with Gasteiger partial charge in [0.1, 0.15) is 12.2 Å². The number of nitrogen functional groups attached to an aromatic ring is 1. The van der Waals surface area contributed by atoms with Gasteiger partial charge in [-0.25, -0.2) is 4.98 Å². The molecule has 1 aromatic carbocycles. The van der Waals surface area contributed by atoms with Crippen LogP contribution in [0.5, 0.6) is 0 Å². The number of nitrogens with zero attached hydrogens (tertiary/aromatic N) is 2. The van der Waals surface area contributed by atoms with Gasteiger partial charge in [0.05, 0.1) is 0 Å². The first-order valence-electron chi connectivity index (χ1n) is 5.65. The lowest BCUT2D eigenvalue weighted by Gasteiger charge is -2.06. The van der Waals surface area contributed by atoms with E-state index in [1.165, 1.54) is 6.33 Å². The summed E-state index contributed by atoms with van der Waals surface area (Å²) in [7, 11) is 0. The number of hydrogen-bond acceptors (Lipinski definition) is 4. The average molecular weight is 245 g/mol. The van der Waals surface area contributed by atoms with E-state index in [1.807, 2.05) is 13.0 Å². The summed E-state index contributed by atoms with van der Waals surface area (Å²) in [5.41, 5.74) is 7.92. The second-order valence-electron chi connectivity index (χ2n) is 4.01. The Morgan fingerprint density at radius 1 is 1.50 bits per heavy atom. The van der Waals surface area contributed by atoms with Crippen LogP contribution >= 0.6 is 0 Å². The van der Waals surface area contributed by atoms with Gasteiger partial charge < -0.3 is 11.1 Å². The molecule has 2 aromatic rings. The van der Waals surface area contributed by atoms with Crippen molar-refractivity contribution in [3.05, 3.63) is 41.5 Å². The first-order chi connectivity index (χ1) is 8.66. The number of anilines is 1. The van der Waals surface area contributed by atoms with Crippen molar-refractivity contribution < 1.29 is 4.79 Å². The number of hydrogen-bond donors (Lipinski definition) is 3. The maximum atomic E-state index is 11.8. The first kappa shape index (κ1) is 12.1. The van der Waals surface area contributed by atoms with Gasteiger partial charge >= 0.3 is 0 Å². The summed E-state index contributed by atoms with van der Waals surface area (Å²) in [6.45, 7) is 2.41.